The lowest BCUT2D eigenvalue weighted by Crippen LogP contribution is -2.43. The second-order valence-electron chi connectivity index (χ2n) is 5.54. The molecule has 2 aliphatic heterocycles. The van der Waals surface area contributed by atoms with Crippen molar-refractivity contribution in [2.75, 3.05) is 19.6 Å². The van der Waals surface area contributed by atoms with Gasteiger partial charge < -0.3 is 10.6 Å². The maximum Gasteiger partial charge on any atom is 0.234 e. The molecule has 0 aromatic heterocycles. The highest BCUT2D eigenvalue weighted by Gasteiger charge is 2.29. The van der Waals surface area contributed by atoms with Crippen molar-refractivity contribution in [2.45, 2.75) is 57.7 Å². The standard InChI is InChI=1S/C13H25N3O.ClH/c1-3-10(2)14-13(17)9-16-7-6-11-4-5-12(8-16)15-11;/h10-12,15H,3-9H2,1-2H3,(H,14,17);1H. The fraction of sp³-hybridized carbons (Fsp3) is 0.923. The number of rotatable bonds is 4. The Morgan fingerprint density at radius 3 is 2.83 bits per heavy atom. The van der Waals surface area contributed by atoms with E-state index in [2.05, 4.69) is 29.4 Å². The number of amides is 1. The topological polar surface area (TPSA) is 44.4 Å². The molecule has 0 saturated carbocycles. The third-order valence-electron chi connectivity index (χ3n) is 3.99. The number of likely N-dealkylation sites (tertiary alicyclic amines) is 1. The molecule has 106 valence electrons. The molecule has 2 saturated heterocycles. The summed E-state index contributed by atoms with van der Waals surface area (Å²) in [5.74, 6) is 0.178. The minimum atomic E-state index is 0. The Kier molecular flexibility index (Phi) is 6.39. The van der Waals surface area contributed by atoms with Gasteiger partial charge in [-0.25, -0.2) is 0 Å². The van der Waals surface area contributed by atoms with Crippen molar-refractivity contribution in [1.29, 1.82) is 0 Å². The zero-order valence-electron chi connectivity index (χ0n) is 11.4. The third-order valence-corrected chi connectivity index (χ3v) is 3.99. The Bertz CT molecular complexity index is 275. The highest BCUT2D eigenvalue weighted by atomic mass is 35.5. The van der Waals surface area contributed by atoms with Crippen molar-refractivity contribution in [3.8, 4) is 0 Å². The van der Waals surface area contributed by atoms with Crippen LogP contribution in [0, 0.1) is 0 Å². The quantitative estimate of drug-likeness (QED) is 0.809. The summed E-state index contributed by atoms with van der Waals surface area (Å²) in [6, 6.07) is 1.60. The van der Waals surface area contributed by atoms with Gasteiger partial charge in [0.25, 0.3) is 0 Å². The smallest absolute Gasteiger partial charge is 0.234 e. The molecule has 3 atom stereocenters. The first-order valence-corrected chi connectivity index (χ1v) is 6.95. The van der Waals surface area contributed by atoms with Crippen LogP contribution < -0.4 is 10.6 Å². The lowest BCUT2D eigenvalue weighted by molar-refractivity contribution is -0.122. The molecule has 2 aliphatic rings. The predicted molar refractivity (Wildman–Crippen MR) is 76.1 cm³/mol. The number of hydrogen-bond acceptors (Lipinski definition) is 3. The van der Waals surface area contributed by atoms with Gasteiger partial charge in [-0.1, -0.05) is 6.92 Å². The van der Waals surface area contributed by atoms with E-state index in [0.29, 0.717) is 24.7 Å². The van der Waals surface area contributed by atoms with Crippen molar-refractivity contribution < 1.29 is 4.79 Å². The molecule has 0 radical (unpaired) electrons. The van der Waals surface area contributed by atoms with Gasteiger partial charge in [0.05, 0.1) is 6.54 Å². The predicted octanol–water partition coefficient (Wildman–Crippen LogP) is 1.15. The van der Waals surface area contributed by atoms with Crippen LogP contribution >= 0.6 is 12.4 Å². The van der Waals surface area contributed by atoms with Gasteiger partial charge in [0, 0.05) is 31.2 Å². The molecule has 2 rings (SSSR count). The molecule has 1 amide bonds. The summed E-state index contributed by atoms with van der Waals surface area (Å²) in [6.45, 7) is 6.81. The van der Waals surface area contributed by atoms with Crippen LogP contribution in [0.25, 0.3) is 0 Å². The average molecular weight is 276 g/mol. The van der Waals surface area contributed by atoms with Gasteiger partial charge in [0.1, 0.15) is 0 Å². The van der Waals surface area contributed by atoms with Gasteiger partial charge >= 0.3 is 0 Å². The fourth-order valence-corrected chi connectivity index (χ4v) is 2.78. The zero-order valence-corrected chi connectivity index (χ0v) is 12.3. The first-order valence-electron chi connectivity index (χ1n) is 6.95. The number of halogens is 1. The highest BCUT2D eigenvalue weighted by molar-refractivity contribution is 5.85. The molecule has 0 aromatic carbocycles. The van der Waals surface area contributed by atoms with Gasteiger partial charge in [-0.3, -0.25) is 9.69 Å². The summed E-state index contributed by atoms with van der Waals surface area (Å²) >= 11 is 0. The summed E-state index contributed by atoms with van der Waals surface area (Å²) in [5, 5.41) is 6.67. The summed E-state index contributed by atoms with van der Waals surface area (Å²) in [6.07, 6.45) is 4.77. The molecule has 0 aromatic rings. The highest BCUT2D eigenvalue weighted by Crippen LogP contribution is 2.19. The number of nitrogens with zero attached hydrogens (tertiary/aromatic N) is 1. The Morgan fingerprint density at radius 2 is 2.11 bits per heavy atom. The van der Waals surface area contributed by atoms with E-state index in [1.54, 1.807) is 0 Å². The Hall–Kier alpha value is -0.320. The van der Waals surface area contributed by atoms with Crippen LogP contribution in [0.3, 0.4) is 0 Å². The van der Waals surface area contributed by atoms with Crippen LogP contribution in [-0.2, 0) is 4.79 Å². The number of fused-ring (bicyclic) bond motifs is 2. The first-order chi connectivity index (χ1) is 8.17. The SMILES string of the molecule is CCC(C)NC(=O)CN1CCC2CCC(C1)N2.Cl. The number of nitrogens with one attached hydrogen (secondary N) is 2. The molecule has 0 spiro atoms. The van der Waals surface area contributed by atoms with E-state index in [-0.39, 0.29) is 18.3 Å². The molecule has 0 aliphatic carbocycles. The maximum atomic E-state index is 11.8. The Labute approximate surface area is 116 Å². The van der Waals surface area contributed by atoms with E-state index in [9.17, 15) is 4.79 Å². The van der Waals surface area contributed by atoms with Gasteiger partial charge in [0.15, 0.2) is 0 Å². The average Bonchev–Trinajstić information content (AvgIpc) is 2.62. The Balaban J connectivity index is 0.00000162. The lowest BCUT2D eigenvalue weighted by atomic mass is 10.1. The summed E-state index contributed by atoms with van der Waals surface area (Å²) in [4.78, 5) is 14.1. The van der Waals surface area contributed by atoms with E-state index in [1.165, 1.54) is 19.3 Å². The summed E-state index contributed by atoms with van der Waals surface area (Å²) in [7, 11) is 0. The van der Waals surface area contributed by atoms with Gasteiger partial charge in [0.2, 0.25) is 5.91 Å². The van der Waals surface area contributed by atoms with Crippen molar-refractivity contribution in [3.63, 3.8) is 0 Å². The molecular formula is C13H26ClN3O. The minimum Gasteiger partial charge on any atom is -0.353 e. The molecule has 18 heavy (non-hydrogen) atoms. The normalized spacial score (nSPS) is 29.2. The fourth-order valence-electron chi connectivity index (χ4n) is 2.78. The molecule has 2 N–H and O–H groups in total. The number of carbonyl (C=O) groups is 1. The molecule has 3 unspecified atom stereocenters. The van der Waals surface area contributed by atoms with Crippen LogP contribution in [-0.4, -0.2) is 48.6 Å². The third kappa shape index (κ3) is 4.41. The summed E-state index contributed by atoms with van der Waals surface area (Å²) < 4.78 is 0. The summed E-state index contributed by atoms with van der Waals surface area (Å²) in [5.41, 5.74) is 0. The van der Waals surface area contributed by atoms with Crippen LogP contribution in [0.1, 0.15) is 39.5 Å². The molecule has 4 nitrogen and oxygen atoms in total. The number of carbonyl (C=O) groups excluding carboxylic acids is 1. The van der Waals surface area contributed by atoms with Crippen molar-refractivity contribution in [2.24, 2.45) is 0 Å². The number of hydrogen-bond donors (Lipinski definition) is 2. The second kappa shape index (κ2) is 7.31. The van der Waals surface area contributed by atoms with Gasteiger partial charge in [-0.15, -0.1) is 12.4 Å². The van der Waals surface area contributed by atoms with Crippen LogP contribution in [0.15, 0.2) is 0 Å². The molecule has 2 heterocycles. The van der Waals surface area contributed by atoms with Crippen LogP contribution in [0.2, 0.25) is 0 Å². The van der Waals surface area contributed by atoms with Crippen LogP contribution in [0.4, 0.5) is 0 Å². The van der Waals surface area contributed by atoms with Crippen molar-refractivity contribution in [1.82, 2.24) is 15.5 Å². The zero-order chi connectivity index (χ0) is 12.3. The first kappa shape index (κ1) is 15.7. The minimum absolute atomic E-state index is 0. The molecule has 2 fully saturated rings. The maximum absolute atomic E-state index is 11.8. The van der Waals surface area contributed by atoms with E-state index in [4.69, 9.17) is 0 Å². The van der Waals surface area contributed by atoms with E-state index >= 15 is 0 Å². The molecule has 5 heteroatoms. The Morgan fingerprint density at radius 1 is 1.39 bits per heavy atom. The molecule has 2 bridgehead atoms. The lowest BCUT2D eigenvalue weighted by Gasteiger charge is -2.24. The van der Waals surface area contributed by atoms with E-state index < -0.39 is 0 Å². The largest absolute Gasteiger partial charge is 0.353 e. The monoisotopic (exact) mass is 275 g/mol. The van der Waals surface area contributed by atoms with Crippen molar-refractivity contribution in [3.05, 3.63) is 0 Å². The van der Waals surface area contributed by atoms with E-state index in [1.807, 2.05) is 0 Å². The second-order valence-corrected chi connectivity index (χ2v) is 5.54. The molecular weight excluding hydrogens is 250 g/mol. The van der Waals surface area contributed by atoms with Gasteiger partial charge in [-0.05, 0) is 32.6 Å². The van der Waals surface area contributed by atoms with Gasteiger partial charge in [-0.2, -0.15) is 0 Å². The van der Waals surface area contributed by atoms with E-state index in [0.717, 1.165) is 19.5 Å². The van der Waals surface area contributed by atoms with Crippen LogP contribution in [0.5, 0.6) is 0 Å². The van der Waals surface area contributed by atoms with Crippen molar-refractivity contribution >= 4 is 18.3 Å².